The molecule has 2 aromatic heterocycles. The Morgan fingerprint density at radius 1 is 1.36 bits per heavy atom. The molecule has 2 rings (SSSR count). The van der Waals surface area contributed by atoms with E-state index in [1.54, 1.807) is 12.4 Å². The predicted octanol–water partition coefficient (Wildman–Crippen LogP) is 1.60. The molecule has 0 radical (unpaired) electrons. The molecule has 0 bridgehead atoms. The predicted molar refractivity (Wildman–Crippen MR) is 43.1 cm³/mol. The zero-order chi connectivity index (χ0) is 7.52. The zero-order valence-electron chi connectivity index (χ0n) is 5.64. The van der Waals surface area contributed by atoms with Gasteiger partial charge in [-0.2, -0.15) is 0 Å². The summed E-state index contributed by atoms with van der Waals surface area (Å²) in [4.78, 5) is 7.90. The van der Waals surface area contributed by atoms with Gasteiger partial charge in [0.15, 0.2) is 0 Å². The Morgan fingerprint density at radius 2 is 2.36 bits per heavy atom. The summed E-state index contributed by atoms with van der Waals surface area (Å²) in [6, 6.07) is 1.86. The highest BCUT2D eigenvalue weighted by Crippen LogP contribution is 2.15. The van der Waals surface area contributed by atoms with Gasteiger partial charge >= 0.3 is 0 Å². The van der Waals surface area contributed by atoms with E-state index in [4.69, 9.17) is 0 Å². The Hall–Kier alpha value is -1.29. The molecule has 0 saturated carbocycles. The molecule has 0 N–H and O–H groups in total. The Balaban J connectivity index is 2.46. The maximum Gasteiger partial charge on any atom is 0.116 e. The minimum atomic E-state index is 0.925. The Morgan fingerprint density at radius 3 is 3.00 bits per heavy atom. The van der Waals surface area contributed by atoms with Crippen molar-refractivity contribution >= 4 is 11.5 Å². The third kappa shape index (κ3) is 1.25. The Labute approximate surface area is 67.9 Å². The standard InChI is InChI=1S/C7H5N3S/c1-2-8-5-9-7(1)6-3-10-11-4-6/h1-5H. The minimum Gasteiger partial charge on any atom is -0.245 e. The van der Waals surface area contributed by atoms with Crippen LogP contribution in [0.5, 0.6) is 0 Å². The van der Waals surface area contributed by atoms with Gasteiger partial charge in [0.05, 0.1) is 11.9 Å². The molecule has 2 heterocycles. The van der Waals surface area contributed by atoms with Crippen LogP contribution < -0.4 is 0 Å². The molecule has 0 amide bonds. The summed E-state index contributed by atoms with van der Waals surface area (Å²) in [5.41, 5.74) is 1.98. The lowest BCUT2D eigenvalue weighted by molar-refractivity contribution is 1.17. The molecule has 11 heavy (non-hydrogen) atoms. The van der Waals surface area contributed by atoms with E-state index in [9.17, 15) is 0 Å². The van der Waals surface area contributed by atoms with Crippen LogP contribution in [-0.2, 0) is 0 Å². The summed E-state index contributed by atoms with van der Waals surface area (Å²) in [5.74, 6) is 0. The summed E-state index contributed by atoms with van der Waals surface area (Å²) in [7, 11) is 0. The largest absolute Gasteiger partial charge is 0.245 e. The third-order valence-electron chi connectivity index (χ3n) is 1.31. The fraction of sp³-hybridized carbons (Fsp3) is 0. The third-order valence-corrected chi connectivity index (χ3v) is 1.90. The van der Waals surface area contributed by atoms with Crippen LogP contribution in [0, 0.1) is 0 Å². The van der Waals surface area contributed by atoms with E-state index < -0.39 is 0 Å². The topological polar surface area (TPSA) is 38.7 Å². The second-order valence-corrected chi connectivity index (χ2v) is 2.67. The van der Waals surface area contributed by atoms with E-state index in [1.807, 2.05) is 11.4 Å². The fourth-order valence-corrected chi connectivity index (χ4v) is 1.32. The molecule has 0 aromatic carbocycles. The van der Waals surface area contributed by atoms with E-state index in [0.717, 1.165) is 11.3 Å². The van der Waals surface area contributed by atoms with Crippen LogP contribution in [0.2, 0.25) is 0 Å². The summed E-state index contributed by atoms with van der Waals surface area (Å²) >= 11 is 1.42. The van der Waals surface area contributed by atoms with Gasteiger partial charge in [0.25, 0.3) is 0 Å². The molecule has 54 valence electrons. The van der Waals surface area contributed by atoms with Gasteiger partial charge in [-0.25, -0.2) is 14.3 Å². The van der Waals surface area contributed by atoms with E-state index in [2.05, 4.69) is 14.3 Å². The van der Waals surface area contributed by atoms with Gasteiger partial charge in [-0.15, -0.1) is 0 Å². The molecule has 0 aliphatic rings. The average Bonchev–Trinajstić information content (AvgIpc) is 2.58. The minimum absolute atomic E-state index is 0.925. The molecule has 0 atom stereocenters. The first-order chi connectivity index (χ1) is 5.47. The average molecular weight is 163 g/mol. The molecule has 0 fully saturated rings. The van der Waals surface area contributed by atoms with Crippen molar-refractivity contribution < 1.29 is 0 Å². The summed E-state index contributed by atoms with van der Waals surface area (Å²) in [5, 5.41) is 1.96. The summed E-state index contributed by atoms with van der Waals surface area (Å²) in [6.07, 6.45) is 5.06. The quantitative estimate of drug-likeness (QED) is 0.641. The van der Waals surface area contributed by atoms with Gasteiger partial charge in [0.1, 0.15) is 6.33 Å². The van der Waals surface area contributed by atoms with Gasteiger partial charge in [-0.05, 0) is 17.6 Å². The highest BCUT2D eigenvalue weighted by Gasteiger charge is 1.96. The van der Waals surface area contributed by atoms with Crippen molar-refractivity contribution in [2.45, 2.75) is 0 Å². The van der Waals surface area contributed by atoms with Gasteiger partial charge in [0, 0.05) is 17.1 Å². The van der Waals surface area contributed by atoms with Crippen LogP contribution in [0.4, 0.5) is 0 Å². The molecule has 0 saturated heterocycles. The van der Waals surface area contributed by atoms with Crippen LogP contribution >= 0.6 is 11.5 Å². The van der Waals surface area contributed by atoms with Crippen LogP contribution in [0.1, 0.15) is 0 Å². The number of nitrogens with zero attached hydrogens (tertiary/aromatic N) is 3. The van der Waals surface area contributed by atoms with Crippen LogP contribution in [-0.4, -0.2) is 14.3 Å². The maximum absolute atomic E-state index is 4.08. The van der Waals surface area contributed by atoms with E-state index in [0.29, 0.717) is 0 Å². The number of hydrogen-bond acceptors (Lipinski definition) is 4. The van der Waals surface area contributed by atoms with Crippen molar-refractivity contribution in [3.63, 3.8) is 0 Å². The Kier molecular flexibility index (Phi) is 1.61. The van der Waals surface area contributed by atoms with Crippen molar-refractivity contribution in [3.8, 4) is 11.3 Å². The zero-order valence-corrected chi connectivity index (χ0v) is 6.45. The number of hydrogen-bond donors (Lipinski definition) is 0. The summed E-state index contributed by atoms with van der Waals surface area (Å²) in [6.45, 7) is 0. The van der Waals surface area contributed by atoms with Gasteiger partial charge in [-0.3, -0.25) is 0 Å². The van der Waals surface area contributed by atoms with Crippen molar-refractivity contribution in [2.75, 3.05) is 0 Å². The highest BCUT2D eigenvalue weighted by molar-refractivity contribution is 7.03. The van der Waals surface area contributed by atoms with Gasteiger partial charge in [0.2, 0.25) is 0 Å². The van der Waals surface area contributed by atoms with Crippen LogP contribution in [0.15, 0.2) is 30.2 Å². The van der Waals surface area contributed by atoms with Crippen molar-refractivity contribution in [1.29, 1.82) is 0 Å². The number of rotatable bonds is 1. The van der Waals surface area contributed by atoms with Crippen LogP contribution in [0.25, 0.3) is 11.3 Å². The lowest BCUT2D eigenvalue weighted by atomic mass is 10.3. The van der Waals surface area contributed by atoms with E-state index in [1.165, 1.54) is 17.9 Å². The lowest BCUT2D eigenvalue weighted by Gasteiger charge is -1.90. The second-order valence-electron chi connectivity index (χ2n) is 2.01. The molecular weight excluding hydrogens is 158 g/mol. The molecular formula is C7H5N3S. The van der Waals surface area contributed by atoms with Gasteiger partial charge in [-0.1, -0.05) is 0 Å². The molecule has 0 aliphatic carbocycles. The highest BCUT2D eigenvalue weighted by atomic mass is 32.1. The van der Waals surface area contributed by atoms with E-state index >= 15 is 0 Å². The Bertz CT molecular complexity index is 317. The van der Waals surface area contributed by atoms with Gasteiger partial charge < -0.3 is 0 Å². The summed E-state index contributed by atoms with van der Waals surface area (Å²) < 4.78 is 3.98. The van der Waals surface area contributed by atoms with Crippen molar-refractivity contribution in [2.24, 2.45) is 0 Å². The van der Waals surface area contributed by atoms with Crippen LogP contribution in [0.3, 0.4) is 0 Å². The van der Waals surface area contributed by atoms with E-state index in [-0.39, 0.29) is 0 Å². The normalized spacial score (nSPS) is 9.82. The first-order valence-electron chi connectivity index (χ1n) is 3.12. The number of aromatic nitrogens is 3. The SMILES string of the molecule is c1cc(-c2cnsc2)ncn1. The van der Waals surface area contributed by atoms with Crippen molar-refractivity contribution in [1.82, 2.24) is 14.3 Å². The second kappa shape index (κ2) is 2.75. The molecule has 0 unspecified atom stereocenters. The van der Waals surface area contributed by atoms with Crippen molar-refractivity contribution in [3.05, 3.63) is 30.2 Å². The molecule has 2 aromatic rings. The monoisotopic (exact) mass is 163 g/mol. The molecule has 3 nitrogen and oxygen atoms in total. The first-order valence-corrected chi connectivity index (χ1v) is 3.96. The smallest absolute Gasteiger partial charge is 0.116 e. The fourth-order valence-electron chi connectivity index (χ4n) is 0.793. The lowest BCUT2D eigenvalue weighted by Crippen LogP contribution is -1.80. The molecule has 0 spiro atoms. The maximum atomic E-state index is 4.08. The molecule has 0 aliphatic heterocycles. The first kappa shape index (κ1) is 6.42. The molecule has 4 heteroatoms.